The molecule has 1 fully saturated rings. The number of benzene rings is 1. The molecule has 106 valence electrons. The number of carbonyl (C=O) groups is 1. The zero-order valence-electron chi connectivity index (χ0n) is 12.4. The minimum Gasteiger partial charge on any atom is -0.368 e. The lowest BCUT2D eigenvalue weighted by atomic mass is 10.2. The van der Waals surface area contributed by atoms with Crippen LogP contribution < -0.4 is 10.2 Å². The van der Waals surface area contributed by atoms with Gasteiger partial charge in [-0.3, -0.25) is 0 Å². The van der Waals surface area contributed by atoms with Gasteiger partial charge in [0, 0.05) is 38.9 Å². The quantitative estimate of drug-likeness (QED) is 0.845. The van der Waals surface area contributed by atoms with Crippen LogP contribution in [0, 0.1) is 6.92 Å². The van der Waals surface area contributed by atoms with Crippen molar-refractivity contribution in [2.45, 2.75) is 20.8 Å². The monoisotopic (exact) mass is 263 g/mol. The molecule has 0 radical (unpaired) electrons. The normalized spacial score (nSPS) is 14.5. The van der Waals surface area contributed by atoms with E-state index in [1.165, 1.54) is 11.3 Å². The number of nitrogens with zero attached hydrogens (tertiary/aromatic N) is 2. The van der Waals surface area contributed by atoms with E-state index in [-0.39, 0.29) is 6.03 Å². The Morgan fingerprint density at radius 2 is 1.58 bits per heavy atom. The van der Waals surface area contributed by atoms with Crippen molar-refractivity contribution in [1.82, 2.24) is 10.2 Å². The molecule has 19 heavy (non-hydrogen) atoms. The molecule has 4 heteroatoms. The molecule has 1 aromatic carbocycles. The number of urea groups is 1. The third kappa shape index (κ3) is 4.16. The number of aryl methyl sites for hydroxylation is 1. The molecule has 1 aromatic rings. The predicted molar refractivity (Wildman–Crippen MR) is 80.8 cm³/mol. The average Bonchev–Trinajstić information content (AvgIpc) is 2.49. The Labute approximate surface area is 116 Å². The highest BCUT2D eigenvalue weighted by molar-refractivity contribution is 5.74. The molecule has 0 aliphatic carbocycles. The van der Waals surface area contributed by atoms with Crippen molar-refractivity contribution >= 4 is 11.7 Å². The van der Waals surface area contributed by atoms with Crippen LogP contribution in [0.1, 0.15) is 19.4 Å². The SMILES string of the molecule is CC.CNC(=O)N1CCN(c2ccc(C)cc2)CC1. The molecule has 0 bridgehead atoms. The third-order valence-electron chi connectivity index (χ3n) is 3.18. The van der Waals surface area contributed by atoms with Gasteiger partial charge in [-0.25, -0.2) is 4.79 Å². The second-order valence-corrected chi connectivity index (χ2v) is 4.36. The van der Waals surface area contributed by atoms with Crippen molar-refractivity contribution in [2.24, 2.45) is 0 Å². The Bertz CT molecular complexity index is 381. The zero-order valence-corrected chi connectivity index (χ0v) is 12.4. The lowest BCUT2D eigenvalue weighted by molar-refractivity contribution is 0.196. The molecule has 0 spiro atoms. The minimum atomic E-state index is 0.0218. The lowest BCUT2D eigenvalue weighted by Crippen LogP contribution is -2.51. The van der Waals surface area contributed by atoms with Crippen LogP contribution in [0.5, 0.6) is 0 Å². The summed E-state index contributed by atoms with van der Waals surface area (Å²) in [4.78, 5) is 15.6. The second kappa shape index (κ2) is 7.67. The van der Waals surface area contributed by atoms with E-state index in [1.54, 1.807) is 7.05 Å². The first-order valence-electron chi connectivity index (χ1n) is 6.99. The smallest absolute Gasteiger partial charge is 0.317 e. The Morgan fingerprint density at radius 3 is 2.05 bits per heavy atom. The average molecular weight is 263 g/mol. The maximum atomic E-state index is 11.5. The summed E-state index contributed by atoms with van der Waals surface area (Å²) in [5.41, 5.74) is 2.52. The first-order chi connectivity index (χ1) is 9.20. The predicted octanol–water partition coefficient (Wildman–Crippen LogP) is 2.48. The van der Waals surface area contributed by atoms with Gasteiger partial charge in [-0.15, -0.1) is 0 Å². The molecule has 1 aliphatic heterocycles. The maximum Gasteiger partial charge on any atom is 0.317 e. The fraction of sp³-hybridized carbons (Fsp3) is 0.533. The molecule has 1 N–H and O–H groups in total. The first kappa shape index (κ1) is 15.3. The molecular formula is C15H25N3O. The Balaban J connectivity index is 0.000000861. The molecule has 2 rings (SSSR count). The van der Waals surface area contributed by atoms with E-state index in [2.05, 4.69) is 41.4 Å². The number of carbonyl (C=O) groups excluding carboxylic acids is 1. The van der Waals surface area contributed by atoms with Gasteiger partial charge >= 0.3 is 6.03 Å². The van der Waals surface area contributed by atoms with Crippen molar-refractivity contribution in [1.29, 1.82) is 0 Å². The number of anilines is 1. The highest BCUT2D eigenvalue weighted by Crippen LogP contribution is 2.16. The standard InChI is InChI=1S/C13H19N3O.C2H6/c1-11-3-5-12(6-4-11)15-7-9-16(10-8-15)13(17)14-2;1-2/h3-6H,7-10H2,1-2H3,(H,14,17);1-2H3. The summed E-state index contributed by atoms with van der Waals surface area (Å²) in [7, 11) is 1.68. The van der Waals surface area contributed by atoms with E-state index in [4.69, 9.17) is 0 Å². The fourth-order valence-corrected chi connectivity index (χ4v) is 2.08. The molecular weight excluding hydrogens is 238 g/mol. The number of hydrogen-bond acceptors (Lipinski definition) is 2. The Hall–Kier alpha value is -1.71. The van der Waals surface area contributed by atoms with Crippen LogP contribution in [0.3, 0.4) is 0 Å². The summed E-state index contributed by atoms with van der Waals surface area (Å²) >= 11 is 0. The van der Waals surface area contributed by atoms with Crippen molar-refractivity contribution in [2.75, 3.05) is 38.1 Å². The molecule has 1 aliphatic rings. The summed E-state index contributed by atoms with van der Waals surface area (Å²) in [5, 5.41) is 2.67. The van der Waals surface area contributed by atoms with Crippen molar-refractivity contribution in [3.8, 4) is 0 Å². The van der Waals surface area contributed by atoms with Gasteiger partial charge in [0.15, 0.2) is 0 Å². The van der Waals surface area contributed by atoms with Gasteiger partial charge in [0.2, 0.25) is 0 Å². The lowest BCUT2D eigenvalue weighted by Gasteiger charge is -2.35. The summed E-state index contributed by atoms with van der Waals surface area (Å²) in [5.74, 6) is 0. The largest absolute Gasteiger partial charge is 0.368 e. The Morgan fingerprint density at radius 1 is 1.05 bits per heavy atom. The van der Waals surface area contributed by atoms with Gasteiger partial charge < -0.3 is 15.1 Å². The number of hydrogen-bond donors (Lipinski definition) is 1. The highest BCUT2D eigenvalue weighted by atomic mass is 16.2. The molecule has 0 aromatic heterocycles. The molecule has 0 unspecified atom stereocenters. The molecule has 0 atom stereocenters. The van der Waals surface area contributed by atoms with Crippen molar-refractivity contribution in [3.05, 3.63) is 29.8 Å². The van der Waals surface area contributed by atoms with Crippen molar-refractivity contribution < 1.29 is 4.79 Å². The third-order valence-corrected chi connectivity index (χ3v) is 3.18. The summed E-state index contributed by atoms with van der Waals surface area (Å²) in [6.07, 6.45) is 0. The Kier molecular flexibility index (Phi) is 6.19. The molecule has 0 saturated carbocycles. The van der Waals surface area contributed by atoms with Gasteiger partial charge in [0.25, 0.3) is 0 Å². The van der Waals surface area contributed by atoms with Gasteiger partial charge in [-0.1, -0.05) is 31.5 Å². The van der Waals surface area contributed by atoms with Crippen molar-refractivity contribution in [3.63, 3.8) is 0 Å². The molecule has 1 saturated heterocycles. The second-order valence-electron chi connectivity index (χ2n) is 4.36. The number of piperazine rings is 1. The molecule has 1 heterocycles. The number of rotatable bonds is 1. The van der Waals surface area contributed by atoms with E-state index < -0.39 is 0 Å². The van der Waals surface area contributed by atoms with E-state index in [9.17, 15) is 4.79 Å². The van der Waals surface area contributed by atoms with Crippen LogP contribution in [-0.4, -0.2) is 44.2 Å². The van der Waals surface area contributed by atoms with Crippen LogP contribution in [0.2, 0.25) is 0 Å². The summed E-state index contributed by atoms with van der Waals surface area (Å²) < 4.78 is 0. The topological polar surface area (TPSA) is 35.6 Å². The van der Waals surface area contributed by atoms with E-state index in [0.29, 0.717) is 0 Å². The van der Waals surface area contributed by atoms with Crippen LogP contribution in [0.25, 0.3) is 0 Å². The van der Waals surface area contributed by atoms with E-state index in [0.717, 1.165) is 26.2 Å². The van der Waals surface area contributed by atoms with Crippen LogP contribution in [-0.2, 0) is 0 Å². The molecule has 2 amide bonds. The van der Waals surface area contributed by atoms with Gasteiger partial charge in [-0.2, -0.15) is 0 Å². The van der Waals surface area contributed by atoms with Gasteiger partial charge in [-0.05, 0) is 19.1 Å². The fourth-order valence-electron chi connectivity index (χ4n) is 2.08. The molecule has 4 nitrogen and oxygen atoms in total. The zero-order chi connectivity index (χ0) is 14.3. The number of nitrogens with one attached hydrogen (secondary N) is 1. The maximum absolute atomic E-state index is 11.5. The number of amides is 2. The summed E-state index contributed by atoms with van der Waals surface area (Å²) in [6.45, 7) is 9.46. The van der Waals surface area contributed by atoms with Crippen LogP contribution in [0.4, 0.5) is 10.5 Å². The van der Waals surface area contributed by atoms with Gasteiger partial charge in [0.1, 0.15) is 0 Å². The summed E-state index contributed by atoms with van der Waals surface area (Å²) in [6, 6.07) is 8.56. The van der Waals surface area contributed by atoms with E-state index >= 15 is 0 Å². The highest BCUT2D eigenvalue weighted by Gasteiger charge is 2.19. The van der Waals surface area contributed by atoms with E-state index in [1.807, 2.05) is 18.7 Å². The minimum absolute atomic E-state index is 0.0218. The first-order valence-corrected chi connectivity index (χ1v) is 6.99. The van der Waals surface area contributed by atoms with Crippen LogP contribution >= 0.6 is 0 Å². The van der Waals surface area contributed by atoms with Crippen LogP contribution in [0.15, 0.2) is 24.3 Å². The van der Waals surface area contributed by atoms with Gasteiger partial charge in [0.05, 0.1) is 0 Å².